The maximum absolute atomic E-state index is 10.3. The van der Waals surface area contributed by atoms with Gasteiger partial charge in [0.15, 0.2) is 0 Å². The highest BCUT2D eigenvalue weighted by molar-refractivity contribution is 9.13. The first kappa shape index (κ1) is 14.1. The van der Waals surface area contributed by atoms with Crippen LogP contribution in [0.2, 0.25) is 0 Å². The van der Waals surface area contributed by atoms with Crippen LogP contribution in [0.3, 0.4) is 0 Å². The lowest BCUT2D eigenvalue weighted by Gasteiger charge is -2.10. The molecule has 18 heavy (non-hydrogen) atoms. The van der Waals surface area contributed by atoms with Crippen molar-refractivity contribution < 1.29 is 9.84 Å². The first-order valence-electron chi connectivity index (χ1n) is 5.47. The van der Waals surface area contributed by atoms with Crippen molar-refractivity contribution in [1.82, 2.24) is 0 Å². The lowest BCUT2D eigenvalue weighted by atomic mass is 10.1. The molecule has 2 rings (SSSR count). The predicted octanol–water partition coefficient (Wildman–Crippen LogP) is 4.75. The molecule has 0 radical (unpaired) electrons. The van der Waals surface area contributed by atoms with Gasteiger partial charge < -0.3 is 9.84 Å². The van der Waals surface area contributed by atoms with Crippen molar-refractivity contribution in [1.29, 1.82) is 0 Å². The molecule has 0 saturated heterocycles. The number of halogens is 2. The number of hydrogen-bond acceptors (Lipinski definition) is 3. The van der Waals surface area contributed by atoms with Gasteiger partial charge >= 0.3 is 0 Å². The molecule has 1 aromatic heterocycles. The Morgan fingerprint density at radius 2 is 1.94 bits per heavy atom. The number of aliphatic hydroxyl groups is 1. The summed E-state index contributed by atoms with van der Waals surface area (Å²) >= 11 is 8.37. The van der Waals surface area contributed by atoms with E-state index in [2.05, 4.69) is 31.9 Å². The normalized spacial score (nSPS) is 12.4. The molecule has 0 aliphatic carbocycles. The summed E-state index contributed by atoms with van der Waals surface area (Å²) in [5.41, 5.74) is 0.861. The van der Waals surface area contributed by atoms with Gasteiger partial charge in [-0.05, 0) is 62.5 Å². The fraction of sp³-hybridized carbons (Fsp3) is 0.231. The third kappa shape index (κ3) is 3.15. The second-order valence-electron chi connectivity index (χ2n) is 3.67. The summed E-state index contributed by atoms with van der Waals surface area (Å²) in [7, 11) is 0. The third-order valence-electron chi connectivity index (χ3n) is 2.44. The van der Waals surface area contributed by atoms with Gasteiger partial charge in [-0.2, -0.15) is 0 Å². The SMILES string of the molecule is CCOc1ccc(C(O)c2cc(Br)c(Br)s2)cc1. The monoisotopic (exact) mass is 390 g/mol. The summed E-state index contributed by atoms with van der Waals surface area (Å²) in [6.07, 6.45) is -0.603. The van der Waals surface area contributed by atoms with Crippen molar-refractivity contribution in [2.45, 2.75) is 13.0 Å². The first-order chi connectivity index (χ1) is 8.61. The van der Waals surface area contributed by atoms with Crippen molar-refractivity contribution >= 4 is 43.2 Å². The zero-order valence-corrected chi connectivity index (χ0v) is 13.7. The largest absolute Gasteiger partial charge is 0.494 e. The quantitative estimate of drug-likeness (QED) is 0.814. The molecule has 0 aliphatic rings. The molecule has 1 unspecified atom stereocenters. The van der Waals surface area contributed by atoms with E-state index in [9.17, 15) is 5.11 Å². The Kier molecular flexibility index (Phi) is 4.84. The highest BCUT2D eigenvalue weighted by Gasteiger charge is 2.15. The third-order valence-corrected chi connectivity index (χ3v) is 5.75. The fourth-order valence-electron chi connectivity index (χ4n) is 1.58. The second kappa shape index (κ2) is 6.19. The summed E-state index contributed by atoms with van der Waals surface area (Å²) in [5.74, 6) is 0.821. The molecule has 1 aromatic carbocycles. The zero-order chi connectivity index (χ0) is 13.1. The summed E-state index contributed by atoms with van der Waals surface area (Å²) in [6.45, 7) is 2.59. The zero-order valence-electron chi connectivity index (χ0n) is 9.69. The van der Waals surface area contributed by atoms with E-state index < -0.39 is 6.10 Å². The molecule has 5 heteroatoms. The standard InChI is InChI=1S/C13H12Br2O2S/c1-2-17-9-5-3-8(4-6-9)12(16)11-7-10(14)13(15)18-11/h3-7,12,16H,2H2,1H3. The van der Waals surface area contributed by atoms with Gasteiger partial charge in [0.25, 0.3) is 0 Å². The average molecular weight is 392 g/mol. The van der Waals surface area contributed by atoms with Crippen LogP contribution in [-0.2, 0) is 0 Å². The van der Waals surface area contributed by atoms with Gasteiger partial charge in [0.2, 0.25) is 0 Å². The number of rotatable bonds is 4. The summed E-state index contributed by atoms with van der Waals surface area (Å²) < 4.78 is 7.33. The Labute approximate surface area is 127 Å². The fourth-order valence-corrected chi connectivity index (χ4v) is 3.68. The second-order valence-corrected chi connectivity index (χ2v) is 6.93. The van der Waals surface area contributed by atoms with E-state index in [1.165, 1.54) is 11.3 Å². The van der Waals surface area contributed by atoms with Gasteiger partial charge in [-0.25, -0.2) is 0 Å². The molecule has 0 fully saturated rings. The highest BCUT2D eigenvalue weighted by Crippen LogP contribution is 2.37. The minimum atomic E-state index is -0.603. The van der Waals surface area contributed by atoms with E-state index in [0.29, 0.717) is 6.61 Å². The molecule has 1 heterocycles. The molecule has 0 saturated carbocycles. The van der Waals surface area contributed by atoms with Gasteiger partial charge in [-0.1, -0.05) is 12.1 Å². The Morgan fingerprint density at radius 1 is 1.28 bits per heavy atom. The van der Waals surface area contributed by atoms with Crippen molar-refractivity contribution in [2.24, 2.45) is 0 Å². The van der Waals surface area contributed by atoms with E-state index in [4.69, 9.17) is 4.74 Å². The maximum Gasteiger partial charge on any atom is 0.119 e. The summed E-state index contributed by atoms with van der Waals surface area (Å²) in [5, 5.41) is 10.3. The molecule has 1 atom stereocenters. The van der Waals surface area contributed by atoms with Gasteiger partial charge in [0.05, 0.1) is 10.4 Å². The first-order valence-corrected chi connectivity index (χ1v) is 7.87. The van der Waals surface area contributed by atoms with Crippen molar-refractivity contribution in [2.75, 3.05) is 6.61 Å². The van der Waals surface area contributed by atoms with Crippen molar-refractivity contribution in [3.8, 4) is 5.75 Å². The molecule has 0 bridgehead atoms. The van der Waals surface area contributed by atoms with E-state index >= 15 is 0 Å². The van der Waals surface area contributed by atoms with Crippen LogP contribution < -0.4 is 4.74 Å². The predicted molar refractivity (Wildman–Crippen MR) is 81.4 cm³/mol. The maximum atomic E-state index is 10.3. The molecular weight excluding hydrogens is 380 g/mol. The van der Waals surface area contributed by atoms with Crippen molar-refractivity contribution in [3.63, 3.8) is 0 Å². The van der Waals surface area contributed by atoms with Crippen LogP contribution in [0.1, 0.15) is 23.5 Å². The van der Waals surface area contributed by atoms with Gasteiger partial charge in [0, 0.05) is 9.35 Å². The molecular formula is C13H12Br2O2S. The number of aliphatic hydroxyl groups excluding tert-OH is 1. The number of ether oxygens (including phenoxy) is 1. The van der Waals surface area contributed by atoms with E-state index in [1.54, 1.807) is 0 Å². The van der Waals surface area contributed by atoms with Gasteiger partial charge in [0.1, 0.15) is 11.9 Å². The Balaban J connectivity index is 2.20. The minimum Gasteiger partial charge on any atom is -0.494 e. The lowest BCUT2D eigenvalue weighted by molar-refractivity contribution is 0.224. The van der Waals surface area contributed by atoms with Gasteiger partial charge in [-0.15, -0.1) is 11.3 Å². The Morgan fingerprint density at radius 3 is 2.44 bits per heavy atom. The molecule has 0 spiro atoms. The van der Waals surface area contributed by atoms with E-state index in [1.807, 2.05) is 37.3 Å². The number of benzene rings is 1. The minimum absolute atomic E-state index is 0.603. The van der Waals surface area contributed by atoms with Crippen LogP contribution in [0.4, 0.5) is 0 Å². The molecule has 0 aliphatic heterocycles. The van der Waals surface area contributed by atoms with Crippen LogP contribution in [0.5, 0.6) is 5.75 Å². The number of thiophene rings is 1. The van der Waals surface area contributed by atoms with Crippen molar-refractivity contribution in [3.05, 3.63) is 49.0 Å². The highest BCUT2D eigenvalue weighted by atomic mass is 79.9. The van der Waals surface area contributed by atoms with Crippen LogP contribution in [0, 0.1) is 0 Å². The summed E-state index contributed by atoms with van der Waals surface area (Å²) in [4.78, 5) is 0.901. The molecule has 0 amide bonds. The van der Waals surface area contributed by atoms with Crippen LogP contribution in [-0.4, -0.2) is 11.7 Å². The smallest absolute Gasteiger partial charge is 0.119 e. The molecule has 1 N–H and O–H groups in total. The topological polar surface area (TPSA) is 29.5 Å². The molecule has 2 aromatic rings. The van der Waals surface area contributed by atoms with Gasteiger partial charge in [-0.3, -0.25) is 0 Å². The Hall–Kier alpha value is -0.360. The molecule has 2 nitrogen and oxygen atoms in total. The molecule has 96 valence electrons. The lowest BCUT2D eigenvalue weighted by Crippen LogP contribution is -1.97. The Bertz CT molecular complexity index is 503. The van der Waals surface area contributed by atoms with Crippen LogP contribution in [0.15, 0.2) is 38.6 Å². The van der Waals surface area contributed by atoms with Crippen LogP contribution >= 0.6 is 43.2 Å². The summed E-state index contributed by atoms with van der Waals surface area (Å²) in [6, 6.07) is 9.45. The van der Waals surface area contributed by atoms with E-state index in [0.717, 1.165) is 24.4 Å². The van der Waals surface area contributed by atoms with E-state index in [-0.39, 0.29) is 0 Å². The number of hydrogen-bond donors (Lipinski definition) is 1. The van der Waals surface area contributed by atoms with Crippen LogP contribution in [0.25, 0.3) is 0 Å². The average Bonchev–Trinajstić information content (AvgIpc) is 2.70.